The number of hydrogen-bond acceptors (Lipinski definition) is 5. The summed E-state index contributed by atoms with van der Waals surface area (Å²) in [5, 5.41) is 0. The number of carbonyl (C=O) groups is 2. The van der Waals surface area contributed by atoms with Gasteiger partial charge in [0.05, 0.1) is 26.9 Å². The lowest BCUT2D eigenvalue weighted by molar-refractivity contribution is 0.0552. The number of halogens is 1. The minimum Gasteiger partial charge on any atom is -0.496 e. The molecule has 0 aliphatic heterocycles. The van der Waals surface area contributed by atoms with Crippen molar-refractivity contribution in [2.75, 3.05) is 21.3 Å². The van der Waals surface area contributed by atoms with Crippen molar-refractivity contribution in [1.82, 2.24) is 0 Å². The van der Waals surface area contributed by atoms with Crippen LogP contribution >= 0.6 is 15.9 Å². The van der Waals surface area contributed by atoms with Crippen molar-refractivity contribution in [1.29, 1.82) is 0 Å². The van der Waals surface area contributed by atoms with Crippen LogP contribution in [-0.2, 0) is 9.47 Å². The normalized spacial score (nSPS) is 9.65. The van der Waals surface area contributed by atoms with Crippen LogP contribution in [0, 0.1) is 0 Å². The fourth-order valence-electron chi connectivity index (χ4n) is 1.33. The second-order valence-corrected chi connectivity index (χ2v) is 3.93. The third kappa shape index (κ3) is 2.76. The van der Waals surface area contributed by atoms with Crippen LogP contribution in [0.2, 0.25) is 0 Å². The fourth-order valence-corrected chi connectivity index (χ4v) is 1.76. The zero-order chi connectivity index (χ0) is 13.0. The van der Waals surface area contributed by atoms with Crippen molar-refractivity contribution < 1.29 is 23.8 Å². The van der Waals surface area contributed by atoms with Crippen LogP contribution < -0.4 is 4.74 Å². The molecule has 0 N–H and O–H groups in total. The first-order chi connectivity index (χ1) is 8.04. The van der Waals surface area contributed by atoms with E-state index in [9.17, 15) is 9.59 Å². The van der Waals surface area contributed by atoms with E-state index in [-0.39, 0.29) is 16.9 Å². The number of carbonyl (C=O) groups excluding carboxylic acids is 2. The molecular weight excluding hydrogens is 292 g/mol. The summed E-state index contributed by atoms with van der Waals surface area (Å²) >= 11 is 3.22. The summed E-state index contributed by atoms with van der Waals surface area (Å²) < 4.78 is 14.9. The standard InChI is InChI=1S/C11H11BrO5/c1-15-8-5-6(12)4-7(10(13)16-2)9(8)11(14)17-3/h4-5H,1-3H3. The van der Waals surface area contributed by atoms with Gasteiger partial charge in [-0.1, -0.05) is 15.9 Å². The van der Waals surface area contributed by atoms with Gasteiger partial charge >= 0.3 is 11.9 Å². The summed E-state index contributed by atoms with van der Waals surface area (Å²) in [6, 6.07) is 3.04. The molecule has 0 aliphatic rings. The molecule has 1 rings (SSSR count). The van der Waals surface area contributed by atoms with Crippen LogP contribution in [0.4, 0.5) is 0 Å². The molecule has 0 heterocycles. The molecule has 0 unspecified atom stereocenters. The highest BCUT2D eigenvalue weighted by Gasteiger charge is 2.24. The van der Waals surface area contributed by atoms with E-state index in [0.717, 1.165) is 0 Å². The molecule has 0 aliphatic carbocycles. The molecule has 1 aromatic rings. The monoisotopic (exact) mass is 302 g/mol. The molecule has 17 heavy (non-hydrogen) atoms. The second kappa shape index (κ2) is 5.67. The molecule has 0 atom stereocenters. The topological polar surface area (TPSA) is 61.8 Å². The van der Waals surface area contributed by atoms with Crippen LogP contribution in [0.1, 0.15) is 20.7 Å². The van der Waals surface area contributed by atoms with E-state index < -0.39 is 11.9 Å². The van der Waals surface area contributed by atoms with Crippen LogP contribution in [0.15, 0.2) is 16.6 Å². The largest absolute Gasteiger partial charge is 0.496 e. The Hall–Kier alpha value is -1.56. The third-order valence-corrected chi connectivity index (χ3v) is 2.54. The quantitative estimate of drug-likeness (QED) is 0.800. The average Bonchev–Trinajstić information content (AvgIpc) is 2.35. The van der Waals surface area contributed by atoms with E-state index in [1.165, 1.54) is 27.4 Å². The summed E-state index contributed by atoms with van der Waals surface area (Å²) in [5.41, 5.74) is 0.135. The molecule has 0 aromatic heterocycles. The summed E-state index contributed by atoms with van der Waals surface area (Å²) in [5.74, 6) is -1.05. The van der Waals surface area contributed by atoms with Crippen LogP contribution in [-0.4, -0.2) is 33.3 Å². The van der Waals surface area contributed by atoms with E-state index >= 15 is 0 Å². The van der Waals surface area contributed by atoms with E-state index in [1.807, 2.05) is 0 Å². The molecule has 92 valence electrons. The SMILES string of the molecule is COC(=O)c1cc(Br)cc(OC)c1C(=O)OC. The van der Waals surface area contributed by atoms with Gasteiger partial charge in [-0.3, -0.25) is 0 Å². The fraction of sp³-hybridized carbons (Fsp3) is 0.273. The van der Waals surface area contributed by atoms with Gasteiger partial charge in [0.2, 0.25) is 0 Å². The van der Waals surface area contributed by atoms with Crippen molar-refractivity contribution in [3.8, 4) is 5.75 Å². The Morgan fingerprint density at radius 3 is 2.12 bits per heavy atom. The second-order valence-electron chi connectivity index (χ2n) is 3.01. The minimum absolute atomic E-state index is 0.0463. The van der Waals surface area contributed by atoms with Gasteiger partial charge in [0, 0.05) is 4.47 Å². The van der Waals surface area contributed by atoms with Crippen molar-refractivity contribution in [2.24, 2.45) is 0 Å². The number of benzene rings is 1. The first-order valence-electron chi connectivity index (χ1n) is 4.59. The lowest BCUT2D eigenvalue weighted by atomic mass is 10.1. The van der Waals surface area contributed by atoms with Crippen molar-refractivity contribution in [3.63, 3.8) is 0 Å². The Morgan fingerprint density at radius 1 is 1.06 bits per heavy atom. The molecule has 0 saturated carbocycles. The van der Waals surface area contributed by atoms with Crippen LogP contribution in [0.3, 0.4) is 0 Å². The van der Waals surface area contributed by atoms with Gasteiger partial charge in [0.15, 0.2) is 0 Å². The molecule has 6 heteroatoms. The minimum atomic E-state index is -0.658. The number of rotatable bonds is 3. The van der Waals surface area contributed by atoms with Gasteiger partial charge in [-0.05, 0) is 12.1 Å². The smallest absolute Gasteiger partial charge is 0.342 e. The summed E-state index contributed by atoms with van der Waals surface area (Å²) in [6.07, 6.45) is 0. The lowest BCUT2D eigenvalue weighted by Gasteiger charge is -2.11. The van der Waals surface area contributed by atoms with E-state index in [0.29, 0.717) is 4.47 Å². The van der Waals surface area contributed by atoms with Crippen molar-refractivity contribution >= 4 is 27.9 Å². The number of methoxy groups -OCH3 is 3. The van der Waals surface area contributed by atoms with Crippen LogP contribution in [0.25, 0.3) is 0 Å². The molecular formula is C11H11BrO5. The predicted molar refractivity (Wildman–Crippen MR) is 63.4 cm³/mol. The third-order valence-electron chi connectivity index (χ3n) is 2.08. The highest BCUT2D eigenvalue weighted by molar-refractivity contribution is 9.10. The van der Waals surface area contributed by atoms with Gasteiger partial charge in [0.1, 0.15) is 11.3 Å². The summed E-state index contributed by atoms with van der Waals surface area (Å²) in [6.45, 7) is 0. The first kappa shape index (κ1) is 13.5. The summed E-state index contributed by atoms with van der Waals surface area (Å²) in [7, 11) is 3.86. The maximum atomic E-state index is 11.6. The van der Waals surface area contributed by atoms with Gasteiger partial charge in [-0.25, -0.2) is 9.59 Å². The molecule has 0 spiro atoms. The van der Waals surface area contributed by atoms with Crippen molar-refractivity contribution in [3.05, 3.63) is 27.7 Å². The van der Waals surface area contributed by atoms with Gasteiger partial charge in [0.25, 0.3) is 0 Å². The van der Waals surface area contributed by atoms with E-state index in [4.69, 9.17) is 4.74 Å². The zero-order valence-corrected chi connectivity index (χ0v) is 11.2. The number of ether oxygens (including phenoxy) is 3. The van der Waals surface area contributed by atoms with Gasteiger partial charge in [-0.2, -0.15) is 0 Å². The van der Waals surface area contributed by atoms with E-state index in [2.05, 4.69) is 25.4 Å². The lowest BCUT2D eigenvalue weighted by Crippen LogP contribution is -2.13. The predicted octanol–water partition coefficient (Wildman–Crippen LogP) is 2.03. The number of esters is 2. The van der Waals surface area contributed by atoms with E-state index in [1.54, 1.807) is 6.07 Å². The first-order valence-corrected chi connectivity index (χ1v) is 5.38. The average molecular weight is 303 g/mol. The van der Waals surface area contributed by atoms with Crippen LogP contribution in [0.5, 0.6) is 5.75 Å². The highest BCUT2D eigenvalue weighted by atomic mass is 79.9. The molecule has 0 amide bonds. The Kier molecular flexibility index (Phi) is 4.51. The Morgan fingerprint density at radius 2 is 1.65 bits per heavy atom. The molecule has 0 saturated heterocycles. The Labute approximate surface area is 107 Å². The molecule has 1 aromatic carbocycles. The number of hydrogen-bond donors (Lipinski definition) is 0. The Bertz CT molecular complexity index is 455. The van der Waals surface area contributed by atoms with Gasteiger partial charge < -0.3 is 14.2 Å². The Balaban J connectivity index is 3.49. The summed E-state index contributed by atoms with van der Waals surface area (Å²) in [4.78, 5) is 23.2. The maximum absolute atomic E-state index is 11.6. The molecule has 0 radical (unpaired) electrons. The van der Waals surface area contributed by atoms with Gasteiger partial charge in [-0.15, -0.1) is 0 Å². The zero-order valence-electron chi connectivity index (χ0n) is 9.57. The molecule has 0 fully saturated rings. The maximum Gasteiger partial charge on any atom is 0.342 e. The van der Waals surface area contributed by atoms with Crippen molar-refractivity contribution in [2.45, 2.75) is 0 Å². The molecule has 5 nitrogen and oxygen atoms in total. The highest BCUT2D eigenvalue weighted by Crippen LogP contribution is 2.28. The molecule has 0 bridgehead atoms.